The molecule has 1 atom stereocenters. The first-order chi connectivity index (χ1) is 5.81. The van der Waals surface area contributed by atoms with Crippen molar-refractivity contribution in [3.05, 3.63) is 38.3 Å². The summed E-state index contributed by atoms with van der Waals surface area (Å²) in [5.74, 6) is 0.519. The second-order valence-corrected chi connectivity index (χ2v) is 2.72. The van der Waals surface area contributed by atoms with E-state index in [9.17, 15) is 0 Å². The molecule has 0 aromatic rings. The minimum Gasteiger partial charge on any atom is -0.555 e. The first-order valence-electron chi connectivity index (χ1n) is 4.34. The van der Waals surface area contributed by atoms with Gasteiger partial charge in [0.15, 0.2) is 0 Å². The Morgan fingerprint density at radius 1 is 1.46 bits per heavy atom. The van der Waals surface area contributed by atoms with Gasteiger partial charge in [-0.1, -0.05) is 31.6 Å². The van der Waals surface area contributed by atoms with Gasteiger partial charge in [-0.2, -0.15) is 0 Å². The fourth-order valence-corrected chi connectivity index (χ4v) is 0.776. The molecule has 13 heavy (non-hydrogen) atoms. The van der Waals surface area contributed by atoms with E-state index >= 15 is 0 Å². The zero-order chi connectivity index (χ0) is 9.23. The molecule has 0 saturated carbocycles. The van der Waals surface area contributed by atoms with E-state index < -0.39 is 0 Å². The predicted octanol–water partition coefficient (Wildman–Crippen LogP) is 3.16. The Kier molecular flexibility index (Phi) is 15.3. The molecule has 0 aliphatic heterocycles. The zero-order valence-corrected chi connectivity index (χ0v) is 12.5. The average Bonchev–Trinajstić information content (AvgIpc) is 2.08. The molecule has 0 fully saturated rings. The van der Waals surface area contributed by atoms with Gasteiger partial charge in [0.2, 0.25) is 0 Å². The van der Waals surface area contributed by atoms with E-state index in [0.29, 0.717) is 5.92 Å². The maximum absolute atomic E-state index is 4.44. The van der Waals surface area contributed by atoms with Gasteiger partial charge in [-0.25, -0.2) is 7.11 Å². The molecule has 72 valence electrons. The third kappa shape index (κ3) is 12.5. The minimum atomic E-state index is 0. The molecule has 0 aromatic carbocycles. The largest absolute Gasteiger partial charge is 2.00 e. The standard InChI is InChI=1S/C7H9.C4H9O.U/c1-7-5-3-2-4-6-7;1-3-4-5-2;/h2-5,7H,1,6H2;2-4H2,1H3;/q2*-1;+2. The molecule has 0 bridgehead atoms. The van der Waals surface area contributed by atoms with Gasteiger partial charge in [0.25, 0.3) is 0 Å². The first kappa shape index (κ1) is 15.9. The van der Waals surface area contributed by atoms with Crippen molar-refractivity contribution >= 4 is 0 Å². The van der Waals surface area contributed by atoms with Crippen LogP contribution in [0.25, 0.3) is 0 Å². The van der Waals surface area contributed by atoms with Crippen molar-refractivity contribution in [2.75, 3.05) is 6.61 Å². The van der Waals surface area contributed by atoms with Crippen LogP contribution >= 0.6 is 0 Å². The van der Waals surface area contributed by atoms with Crippen molar-refractivity contribution in [3.8, 4) is 0 Å². The summed E-state index contributed by atoms with van der Waals surface area (Å²) in [5, 5.41) is 0. The van der Waals surface area contributed by atoms with Gasteiger partial charge in [0.05, 0.1) is 0 Å². The summed E-state index contributed by atoms with van der Waals surface area (Å²) in [4.78, 5) is 0. The van der Waals surface area contributed by atoms with Crippen molar-refractivity contribution in [3.63, 3.8) is 0 Å². The van der Waals surface area contributed by atoms with Crippen LogP contribution in [0.15, 0.2) is 24.3 Å². The third-order valence-electron chi connectivity index (χ3n) is 1.42. The molecular weight excluding hydrogens is 386 g/mol. The minimum absolute atomic E-state index is 0. The number of allylic oxidation sites excluding steroid dienone is 4. The van der Waals surface area contributed by atoms with Gasteiger partial charge in [-0.15, -0.1) is 12.0 Å². The summed E-state index contributed by atoms with van der Waals surface area (Å²) < 4.78 is 4.44. The Bertz CT molecular complexity index is 139. The van der Waals surface area contributed by atoms with E-state index in [-0.39, 0.29) is 31.1 Å². The smallest absolute Gasteiger partial charge is 0.555 e. The van der Waals surface area contributed by atoms with E-state index in [1.54, 1.807) is 0 Å². The summed E-state index contributed by atoms with van der Waals surface area (Å²) >= 11 is 0. The van der Waals surface area contributed by atoms with Crippen molar-refractivity contribution in [1.82, 2.24) is 0 Å². The van der Waals surface area contributed by atoms with Crippen LogP contribution in [-0.4, -0.2) is 6.61 Å². The van der Waals surface area contributed by atoms with Gasteiger partial charge < -0.3 is 11.7 Å². The molecule has 1 unspecified atom stereocenters. The van der Waals surface area contributed by atoms with Gasteiger partial charge in [-0.3, -0.25) is 0 Å². The number of hydrogen-bond donors (Lipinski definition) is 0. The van der Waals surface area contributed by atoms with Crippen LogP contribution in [0.2, 0.25) is 0 Å². The Labute approximate surface area is 106 Å². The predicted molar refractivity (Wildman–Crippen MR) is 53.3 cm³/mol. The monoisotopic (exact) mass is 404 g/mol. The molecule has 0 aromatic heterocycles. The van der Waals surface area contributed by atoms with Gasteiger partial charge in [0, 0.05) is 6.61 Å². The van der Waals surface area contributed by atoms with Crippen LogP contribution in [0.3, 0.4) is 0 Å². The fraction of sp³-hybridized carbons (Fsp3) is 0.455. The molecule has 0 radical (unpaired) electrons. The Hall–Kier alpha value is 0.492. The van der Waals surface area contributed by atoms with E-state index in [1.807, 2.05) is 13.0 Å². The molecule has 1 nitrogen and oxygen atoms in total. The molecule has 0 spiro atoms. The Morgan fingerprint density at radius 3 is 2.31 bits per heavy atom. The van der Waals surface area contributed by atoms with Gasteiger partial charge in [0.1, 0.15) is 0 Å². The average molecular weight is 404 g/mol. The summed E-state index contributed by atoms with van der Waals surface area (Å²) in [5.41, 5.74) is 0. The summed E-state index contributed by atoms with van der Waals surface area (Å²) in [6.07, 6.45) is 10.5. The fourth-order valence-electron chi connectivity index (χ4n) is 0.776. The number of hydrogen-bond acceptors (Lipinski definition) is 1. The van der Waals surface area contributed by atoms with Crippen LogP contribution < -0.4 is 0 Å². The van der Waals surface area contributed by atoms with Crippen LogP contribution in [0.1, 0.15) is 19.8 Å². The van der Waals surface area contributed by atoms with E-state index in [0.717, 1.165) is 19.4 Å². The molecule has 1 aliphatic rings. The summed E-state index contributed by atoms with van der Waals surface area (Å²) in [6.45, 7) is 6.68. The van der Waals surface area contributed by atoms with Gasteiger partial charge in [-0.05, 0) is 6.42 Å². The molecule has 0 amide bonds. The van der Waals surface area contributed by atoms with E-state index in [2.05, 4.69) is 37.0 Å². The second-order valence-electron chi connectivity index (χ2n) is 2.72. The third-order valence-corrected chi connectivity index (χ3v) is 1.42. The van der Waals surface area contributed by atoms with Crippen molar-refractivity contribution < 1.29 is 35.9 Å². The normalized spacial score (nSPS) is 18.5. The number of rotatable bonds is 2. The zero-order valence-electron chi connectivity index (χ0n) is 8.33. The molecule has 1 aliphatic carbocycles. The molecule has 2 heteroatoms. The molecule has 1 rings (SSSR count). The molecule has 0 saturated heterocycles. The number of ether oxygens (including phenoxy) is 1. The molecular formula is C11H18OU. The maximum Gasteiger partial charge on any atom is 2.00 e. The Balaban J connectivity index is 0. The van der Waals surface area contributed by atoms with Crippen molar-refractivity contribution in [2.24, 2.45) is 5.92 Å². The van der Waals surface area contributed by atoms with E-state index in [4.69, 9.17) is 0 Å². The Morgan fingerprint density at radius 2 is 2.15 bits per heavy atom. The molecule has 0 heterocycles. The van der Waals surface area contributed by atoms with E-state index in [1.165, 1.54) is 0 Å². The van der Waals surface area contributed by atoms with Crippen LogP contribution in [-0.2, 0) is 4.74 Å². The van der Waals surface area contributed by atoms with Crippen LogP contribution in [0, 0.1) is 51.1 Å². The summed E-state index contributed by atoms with van der Waals surface area (Å²) in [7, 11) is 3.18. The van der Waals surface area contributed by atoms with Crippen molar-refractivity contribution in [1.29, 1.82) is 0 Å². The quantitative estimate of drug-likeness (QED) is 0.643. The SMILES string of the molecule is [CH2-]C1C=CC=CC1.[CH2-]OCCC.[U+2]. The topological polar surface area (TPSA) is 9.23 Å². The first-order valence-corrected chi connectivity index (χ1v) is 4.34. The van der Waals surface area contributed by atoms with Crippen molar-refractivity contribution in [2.45, 2.75) is 19.8 Å². The van der Waals surface area contributed by atoms with Crippen LogP contribution in [0.4, 0.5) is 0 Å². The van der Waals surface area contributed by atoms with Gasteiger partial charge >= 0.3 is 31.1 Å². The van der Waals surface area contributed by atoms with Crippen LogP contribution in [0.5, 0.6) is 0 Å². The summed E-state index contributed by atoms with van der Waals surface area (Å²) in [6, 6.07) is 0. The maximum atomic E-state index is 4.44. The second kappa shape index (κ2) is 12.5. The molecule has 0 N–H and O–H groups in total.